The van der Waals surface area contributed by atoms with Crippen LogP contribution in [0.15, 0.2) is 4.99 Å². The van der Waals surface area contributed by atoms with Crippen LogP contribution in [0.1, 0.15) is 32.6 Å². The number of nitrogens with two attached hydrogens (primary N) is 1. The molecule has 17 heavy (non-hydrogen) atoms. The molecule has 98 valence electrons. The fourth-order valence-electron chi connectivity index (χ4n) is 2.20. The molecule has 0 aromatic rings. The van der Waals surface area contributed by atoms with Gasteiger partial charge in [0.25, 0.3) is 0 Å². The number of hydrogen-bond acceptors (Lipinski definition) is 4. The van der Waals surface area contributed by atoms with Crippen molar-refractivity contribution < 1.29 is 9.90 Å². The van der Waals surface area contributed by atoms with E-state index in [4.69, 9.17) is 5.73 Å². The van der Waals surface area contributed by atoms with Gasteiger partial charge in [-0.1, -0.05) is 6.92 Å². The lowest BCUT2D eigenvalue weighted by molar-refractivity contribution is -0.142. The number of carboxylic acids is 1. The Balaban J connectivity index is 2.47. The number of aliphatic carboxylic acids is 1. The summed E-state index contributed by atoms with van der Waals surface area (Å²) in [6, 6.07) is 0.189. The number of rotatable bonds is 8. The van der Waals surface area contributed by atoms with Crippen LogP contribution in [-0.4, -0.2) is 48.0 Å². The van der Waals surface area contributed by atoms with Gasteiger partial charge in [-0.15, -0.1) is 0 Å². The van der Waals surface area contributed by atoms with Gasteiger partial charge < -0.3 is 10.8 Å². The van der Waals surface area contributed by atoms with Crippen molar-refractivity contribution in [2.24, 2.45) is 16.6 Å². The Morgan fingerprint density at radius 3 is 3.06 bits per heavy atom. The molecule has 2 atom stereocenters. The van der Waals surface area contributed by atoms with Crippen molar-refractivity contribution in [2.45, 2.75) is 38.6 Å². The fourth-order valence-corrected chi connectivity index (χ4v) is 2.20. The fraction of sp³-hybridized carbons (Fsp3) is 0.833. The molecule has 1 heterocycles. The van der Waals surface area contributed by atoms with Crippen LogP contribution in [-0.2, 0) is 4.79 Å². The predicted molar refractivity (Wildman–Crippen MR) is 68.2 cm³/mol. The monoisotopic (exact) mass is 241 g/mol. The highest BCUT2D eigenvalue weighted by Crippen LogP contribution is 2.19. The van der Waals surface area contributed by atoms with Crippen molar-refractivity contribution in [3.8, 4) is 0 Å². The van der Waals surface area contributed by atoms with Crippen molar-refractivity contribution in [3.63, 3.8) is 0 Å². The first-order valence-corrected chi connectivity index (χ1v) is 6.35. The average molecular weight is 241 g/mol. The average Bonchev–Trinajstić information content (AvgIpc) is 2.72. The summed E-state index contributed by atoms with van der Waals surface area (Å²) in [5.74, 6) is -1.01. The van der Waals surface area contributed by atoms with Gasteiger partial charge in [0.15, 0.2) is 0 Å². The summed E-state index contributed by atoms with van der Waals surface area (Å²) < 4.78 is 0. The van der Waals surface area contributed by atoms with Crippen LogP contribution >= 0.6 is 0 Å². The molecule has 0 aliphatic carbocycles. The van der Waals surface area contributed by atoms with E-state index in [1.807, 2.05) is 6.21 Å². The molecule has 0 aromatic carbocycles. The van der Waals surface area contributed by atoms with Crippen molar-refractivity contribution >= 4 is 12.2 Å². The van der Waals surface area contributed by atoms with Crippen LogP contribution in [0, 0.1) is 5.92 Å². The highest BCUT2D eigenvalue weighted by molar-refractivity contribution is 5.72. The van der Waals surface area contributed by atoms with E-state index >= 15 is 0 Å². The highest BCUT2D eigenvalue weighted by atomic mass is 16.4. The van der Waals surface area contributed by atoms with Crippen LogP contribution in [0.5, 0.6) is 0 Å². The third kappa shape index (κ3) is 4.44. The summed E-state index contributed by atoms with van der Waals surface area (Å²) in [5, 5.41) is 9.17. The maximum Gasteiger partial charge on any atom is 0.306 e. The third-order valence-corrected chi connectivity index (χ3v) is 3.15. The zero-order valence-electron chi connectivity index (χ0n) is 10.5. The summed E-state index contributed by atoms with van der Waals surface area (Å²) >= 11 is 0. The van der Waals surface area contributed by atoms with Crippen LogP contribution in [0.2, 0.25) is 0 Å². The van der Waals surface area contributed by atoms with Gasteiger partial charge in [0, 0.05) is 18.8 Å². The highest BCUT2D eigenvalue weighted by Gasteiger charge is 2.27. The number of carbonyl (C=O) groups is 1. The van der Waals surface area contributed by atoms with Gasteiger partial charge in [-0.3, -0.25) is 14.7 Å². The standard InChI is InChI=1S/C12H23N3O2/c1-2-6-15-9-14-8-11(15)7-10(12(16)17)4-3-5-13/h8,10-11H,2-7,9,13H2,1H3,(H,16,17)/t10-,11?/m0/s1. The van der Waals surface area contributed by atoms with Crippen LogP contribution in [0.25, 0.3) is 0 Å². The Kier molecular flexibility index (Phi) is 6.15. The predicted octanol–water partition coefficient (Wildman–Crippen LogP) is 0.939. The number of aliphatic imine (C=N–C) groups is 1. The molecule has 1 unspecified atom stereocenters. The minimum atomic E-state index is -0.713. The first-order valence-electron chi connectivity index (χ1n) is 6.35. The van der Waals surface area contributed by atoms with Gasteiger partial charge in [0.1, 0.15) is 0 Å². The van der Waals surface area contributed by atoms with E-state index in [1.165, 1.54) is 0 Å². The van der Waals surface area contributed by atoms with Crippen LogP contribution in [0.3, 0.4) is 0 Å². The summed E-state index contributed by atoms with van der Waals surface area (Å²) in [5.41, 5.74) is 5.43. The first kappa shape index (κ1) is 14.1. The lowest BCUT2D eigenvalue weighted by atomic mass is 9.95. The van der Waals surface area contributed by atoms with E-state index < -0.39 is 5.97 Å². The number of nitrogens with zero attached hydrogens (tertiary/aromatic N) is 2. The summed E-state index contributed by atoms with van der Waals surface area (Å²) in [7, 11) is 0. The Labute approximate surface area is 103 Å². The van der Waals surface area contributed by atoms with E-state index in [-0.39, 0.29) is 12.0 Å². The SMILES string of the molecule is CCCN1CN=CC1C[C@H](CCCN)C(=O)O. The zero-order chi connectivity index (χ0) is 12.7. The summed E-state index contributed by atoms with van der Waals surface area (Å²) in [6.07, 6.45) is 5.05. The second kappa shape index (κ2) is 7.40. The molecule has 0 spiro atoms. The lowest BCUT2D eigenvalue weighted by Crippen LogP contribution is -2.35. The van der Waals surface area contributed by atoms with E-state index in [1.54, 1.807) is 0 Å². The third-order valence-electron chi connectivity index (χ3n) is 3.15. The minimum Gasteiger partial charge on any atom is -0.481 e. The van der Waals surface area contributed by atoms with Crippen molar-refractivity contribution in [3.05, 3.63) is 0 Å². The topological polar surface area (TPSA) is 78.9 Å². The van der Waals surface area contributed by atoms with E-state index in [2.05, 4.69) is 16.8 Å². The lowest BCUT2D eigenvalue weighted by Gasteiger charge is -2.24. The Morgan fingerprint density at radius 1 is 1.71 bits per heavy atom. The molecule has 0 saturated heterocycles. The van der Waals surface area contributed by atoms with Gasteiger partial charge >= 0.3 is 5.97 Å². The van der Waals surface area contributed by atoms with Gasteiger partial charge in [0.2, 0.25) is 0 Å². The summed E-state index contributed by atoms with van der Waals surface area (Å²) in [6.45, 7) is 4.37. The Bertz CT molecular complexity index is 268. The molecule has 0 bridgehead atoms. The summed E-state index contributed by atoms with van der Waals surface area (Å²) in [4.78, 5) is 17.6. The normalized spacial score (nSPS) is 21.9. The van der Waals surface area contributed by atoms with Gasteiger partial charge in [-0.05, 0) is 32.2 Å². The second-order valence-electron chi connectivity index (χ2n) is 4.55. The molecule has 5 heteroatoms. The molecule has 0 aromatic heterocycles. The van der Waals surface area contributed by atoms with Crippen LogP contribution in [0.4, 0.5) is 0 Å². The van der Waals surface area contributed by atoms with Crippen molar-refractivity contribution in [1.82, 2.24) is 4.90 Å². The molecule has 0 amide bonds. The van der Waals surface area contributed by atoms with Gasteiger partial charge in [-0.2, -0.15) is 0 Å². The molecule has 1 aliphatic heterocycles. The van der Waals surface area contributed by atoms with E-state index in [0.717, 1.165) is 19.4 Å². The molecule has 1 rings (SSSR count). The van der Waals surface area contributed by atoms with E-state index in [9.17, 15) is 9.90 Å². The molecule has 3 N–H and O–H groups in total. The number of carboxylic acid groups (broad SMARTS) is 1. The molecule has 0 saturated carbocycles. The Morgan fingerprint density at radius 2 is 2.47 bits per heavy atom. The second-order valence-corrected chi connectivity index (χ2v) is 4.55. The Hall–Kier alpha value is -0.940. The molecular formula is C12H23N3O2. The maximum absolute atomic E-state index is 11.2. The van der Waals surface area contributed by atoms with Gasteiger partial charge in [0.05, 0.1) is 12.6 Å². The molecule has 0 radical (unpaired) electrons. The molecule has 0 fully saturated rings. The van der Waals surface area contributed by atoms with E-state index in [0.29, 0.717) is 26.1 Å². The molecular weight excluding hydrogens is 218 g/mol. The number of hydrogen-bond donors (Lipinski definition) is 2. The van der Waals surface area contributed by atoms with Gasteiger partial charge in [-0.25, -0.2) is 0 Å². The quantitative estimate of drug-likeness (QED) is 0.663. The largest absolute Gasteiger partial charge is 0.481 e. The van der Waals surface area contributed by atoms with Crippen LogP contribution < -0.4 is 5.73 Å². The van der Waals surface area contributed by atoms with Crippen molar-refractivity contribution in [1.29, 1.82) is 0 Å². The maximum atomic E-state index is 11.2. The molecule has 5 nitrogen and oxygen atoms in total. The minimum absolute atomic E-state index is 0.189. The van der Waals surface area contributed by atoms with Crippen molar-refractivity contribution in [2.75, 3.05) is 19.8 Å². The zero-order valence-corrected chi connectivity index (χ0v) is 10.5. The first-order chi connectivity index (χ1) is 8.19. The smallest absolute Gasteiger partial charge is 0.306 e. The molecule has 1 aliphatic rings.